The molecular weight excluding hydrogens is 416 g/mol. The number of carbonyl (C=O) groups is 2. The second-order valence-corrected chi connectivity index (χ2v) is 9.60. The Labute approximate surface area is 200 Å². The summed E-state index contributed by atoms with van der Waals surface area (Å²) >= 11 is 0. The number of esters is 2. The maximum atomic E-state index is 12.6. The van der Waals surface area contributed by atoms with Crippen LogP contribution >= 0.6 is 0 Å². The molecule has 0 aliphatic carbocycles. The summed E-state index contributed by atoms with van der Waals surface area (Å²) in [5.74, 6) is 0.0824. The summed E-state index contributed by atoms with van der Waals surface area (Å²) in [5.41, 5.74) is 3.06. The van der Waals surface area contributed by atoms with Gasteiger partial charge in [-0.3, -0.25) is 0 Å². The summed E-state index contributed by atoms with van der Waals surface area (Å²) in [4.78, 5) is 25.0. The molecule has 0 bridgehead atoms. The van der Waals surface area contributed by atoms with Crippen molar-refractivity contribution >= 4 is 11.9 Å². The van der Waals surface area contributed by atoms with Gasteiger partial charge in [-0.15, -0.1) is 0 Å². The van der Waals surface area contributed by atoms with Gasteiger partial charge in [0.1, 0.15) is 6.61 Å². The van der Waals surface area contributed by atoms with Crippen LogP contribution in [0.3, 0.4) is 0 Å². The molecule has 0 fully saturated rings. The smallest absolute Gasteiger partial charge is 0.331 e. The molecule has 5 nitrogen and oxygen atoms in total. The lowest BCUT2D eigenvalue weighted by molar-refractivity contribution is -0.156. The average molecular weight is 459 g/mol. The summed E-state index contributed by atoms with van der Waals surface area (Å²) in [6.07, 6.45) is 2.41. The van der Waals surface area contributed by atoms with Gasteiger partial charge >= 0.3 is 11.9 Å². The minimum Gasteiger partial charge on any atom is -0.458 e. The minimum absolute atomic E-state index is 0.0636. The quantitative estimate of drug-likeness (QED) is 0.263. The molecule has 0 aliphatic rings. The third-order valence-electron chi connectivity index (χ3n) is 5.35. The first-order valence-electron chi connectivity index (χ1n) is 11.9. The standard InChI is InChI=1S/C28H42O5/c1-19(2)25(20(3)4)14-27(29)32-18-24(17-31-16-23-12-10-9-11-13-23)33-28(30)15-26(21(5)6)22(7)8/h9-15,19-22,24H,16-18H2,1-8H3/t24-/m0/s1. The van der Waals surface area contributed by atoms with Crippen LogP contribution in [0.5, 0.6) is 0 Å². The molecule has 0 amide bonds. The summed E-state index contributed by atoms with van der Waals surface area (Å²) in [7, 11) is 0. The lowest BCUT2D eigenvalue weighted by Crippen LogP contribution is -2.29. The SMILES string of the molecule is CC(C)C(=CC(=O)OC[C@H](COCc1ccccc1)OC(=O)C=C(C(C)C)C(C)C)C(C)C. The number of allylic oxidation sites excluding steroid dienone is 2. The highest BCUT2D eigenvalue weighted by Crippen LogP contribution is 2.20. The fourth-order valence-corrected chi connectivity index (χ4v) is 3.69. The van der Waals surface area contributed by atoms with Gasteiger partial charge in [0.15, 0.2) is 6.10 Å². The summed E-state index contributed by atoms with van der Waals surface area (Å²) in [6.45, 7) is 16.8. The summed E-state index contributed by atoms with van der Waals surface area (Å²) in [6, 6.07) is 9.75. The molecule has 33 heavy (non-hydrogen) atoms. The van der Waals surface area contributed by atoms with Crippen molar-refractivity contribution in [3.05, 3.63) is 59.2 Å². The molecule has 184 valence electrons. The van der Waals surface area contributed by atoms with E-state index in [-0.39, 0.29) is 36.9 Å². The van der Waals surface area contributed by atoms with E-state index in [0.717, 1.165) is 16.7 Å². The van der Waals surface area contributed by atoms with Gasteiger partial charge in [-0.05, 0) is 29.2 Å². The molecule has 1 atom stereocenters. The Bertz CT molecular complexity index is 768. The van der Waals surface area contributed by atoms with Crippen molar-refractivity contribution in [2.75, 3.05) is 13.2 Å². The van der Waals surface area contributed by atoms with Crippen molar-refractivity contribution in [3.63, 3.8) is 0 Å². The Kier molecular flexibility index (Phi) is 12.7. The first kappa shape index (κ1) is 28.6. The second-order valence-electron chi connectivity index (χ2n) is 9.60. The molecule has 0 unspecified atom stereocenters. The Morgan fingerprint density at radius 3 is 1.70 bits per heavy atom. The summed E-state index contributed by atoms with van der Waals surface area (Å²) in [5, 5.41) is 0. The maximum Gasteiger partial charge on any atom is 0.331 e. The van der Waals surface area contributed by atoms with Gasteiger partial charge in [0.05, 0.1) is 13.2 Å². The van der Waals surface area contributed by atoms with Crippen molar-refractivity contribution in [1.29, 1.82) is 0 Å². The predicted octanol–water partition coefficient (Wildman–Crippen LogP) is 6.14. The van der Waals surface area contributed by atoms with E-state index in [1.807, 2.05) is 30.3 Å². The fourth-order valence-electron chi connectivity index (χ4n) is 3.69. The fraction of sp³-hybridized carbons (Fsp3) is 0.571. The molecule has 0 spiro atoms. The van der Waals surface area contributed by atoms with E-state index in [0.29, 0.717) is 6.61 Å². The third kappa shape index (κ3) is 11.3. The Morgan fingerprint density at radius 2 is 1.21 bits per heavy atom. The van der Waals surface area contributed by atoms with Crippen molar-refractivity contribution in [2.24, 2.45) is 23.7 Å². The molecule has 5 heteroatoms. The molecule has 0 aromatic heterocycles. The Balaban J connectivity index is 2.85. The number of benzene rings is 1. The van der Waals surface area contributed by atoms with Gasteiger partial charge < -0.3 is 14.2 Å². The van der Waals surface area contributed by atoms with E-state index in [1.54, 1.807) is 12.2 Å². The van der Waals surface area contributed by atoms with Crippen molar-refractivity contribution in [1.82, 2.24) is 0 Å². The number of carbonyl (C=O) groups excluding carboxylic acids is 2. The topological polar surface area (TPSA) is 61.8 Å². The van der Waals surface area contributed by atoms with E-state index in [4.69, 9.17) is 14.2 Å². The van der Waals surface area contributed by atoms with Crippen molar-refractivity contribution in [3.8, 4) is 0 Å². The van der Waals surface area contributed by atoms with Gasteiger partial charge in [0.2, 0.25) is 0 Å². The van der Waals surface area contributed by atoms with E-state index in [2.05, 4.69) is 55.4 Å². The lowest BCUT2D eigenvalue weighted by atomic mass is 9.92. The molecule has 1 aromatic rings. The zero-order valence-electron chi connectivity index (χ0n) is 21.6. The van der Waals surface area contributed by atoms with Crippen LogP contribution in [0, 0.1) is 23.7 Å². The van der Waals surface area contributed by atoms with Crippen molar-refractivity contribution < 1.29 is 23.8 Å². The molecule has 0 heterocycles. The molecule has 1 aromatic carbocycles. The first-order chi connectivity index (χ1) is 15.5. The zero-order chi connectivity index (χ0) is 25.0. The van der Waals surface area contributed by atoms with Gasteiger partial charge in [-0.2, -0.15) is 0 Å². The zero-order valence-corrected chi connectivity index (χ0v) is 21.6. The number of hydrogen-bond acceptors (Lipinski definition) is 5. The van der Waals surface area contributed by atoms with Gasteiger partial charge in [-0.1, -0.05) is 96.9 Å². The molecule has 0 saturated heterocycles. The molecule has 0 radical (unpaired) electrons. The van der Waals surface area contributed by atoms with Crippen LogP contribution in [-0.2, 0) is 30.4 Å². The molecular formula is C28H42O5. The highest BCUT2D eigenvalue weighted by molar-refractivity contribution is 5.84. The van der Waals surface area contributed by atoms with Gasteiger partial charge in [-0.25, -0.2) is 9.59 Å². The monoisotopic (exact) mass is 458 g/mol. The van der Waals surface area contributed by atoms with E-state index < -0.39 is 18.0 Å². The predicted molar refractivity (Wildman–Crippen MR) is 132 cm³/mol. The average Bonchev–Trinajstić information content (AvgIpc) is 2.73. The molecule has 1 rings (SSSR count). The van der Waals surface area contributed by atoms with Gasteiger partial charge in [0, 0.05) is 12.2 Å². The molecule has 0 N–H and O–H groups in total. The highest BCUT2D eigenvalue weighted by atomic mass is 16.6. The van der Waals surface area contributed by atoms with Crippen LogP contribution in [0.4, 0.5) is 0 Å². The van der Waals surface area contributed by atoms with E-state index in [9.17, 15) is 9.59 Å². The van der Waals surface area contributed by atoms with Crippen LogP contribution in [0.15, 0.2) is 53.6 Å². The van der Waals surface area contributed by atoms with Gasteiger partial charge in [0.25, 0.3) is 0 Å². The highest BCUT2D eigenvalue weighted by Gasteiger charge is 2.19. The number of rotatable bonds is 13. The maximum absolute atomic E-state index is 12.6. The van der Waals surface area contributed by atoms with Crippen molar-refractivity contribution in [2.45, 2.75) is 68.1 Å². The second kappa shape index (κ2) is 14.7. The normalized spacial score (nSPS) is 12.1. The van der Waals surface area contributed by atoms with E-state index >= 15 is 0 Å². The third-order valence-corrected chi connectivity index (χ3v) is 5.35. The lowest BCUT2D eigenvalue weighted by Gasteiger charge is -2.20. The van der Waals surface area contributed by atoms with Crippen LogP contribution in [0.25, 0.3) is 0 Å². The molecule has 0 aliphatic heterocycles. The first-order valence-corrected chi connectivity index (χ1v) is 11.9. The van der Waals surface area contributed by atoms with E-state index in [1.165, 1.54) is 0 Å². The Morgan fingerprint density at radius 1 is 0.727 bits per heavy atom. The van der Waals surface area contributed by atoms with Crippen LogP contribution in [0.1, 0.15) is 61.0 Å². The number of ether oxygens (including phenoxy) is 3. The summed E-state index contributed by atoms with van der Waals surface area (Å²) < 4.78 is 16.8. The van der Waals surface area contributed by atoms with Crippen LogP contribution in [0.2, 0.25) is 0 Å². The number of hydrogen-bond donors (Lipinski definition) is 0. The van der Waals surface area contributed by atoms with Crippen LogP contribution < -0.4 is 0 Å². The molecule has 0 saturated carbocycles. The minimum atomic E-state index is -0.697. The Hall–Kier alpha value is -2.40. The largest absolute Gasteiger partial charge is 0.458 e. The van der Waals surface area contributed by atoms with Crippen LogP contribution in [-0.4, -0.2) is 31.3 Å².